The third-order valence-electron chi connectivity index (χ3n) is 4.07. The normalized spacial score (nSPS) is 25.3. The smallest absolute Gasteiger partial charge is 0.126 e. The molecule has 0 spiro atoms. The van der Waals surface area contributed by atoms with Gasteiger partial charge in [0.05, 0.1) is 0 Å². The van der Waals surface area contributed by atoms with E-state index >= 15 is 0 Å². The highest BCUT2D eigenvalue weighted by Gasteiger charge is 2.26. The predicted octanol–water partition coefficient (Wildman–Crippen LogP) is 2.84. The maximum absolute atomic E-state index is 13.6. The van der Waals surface area contributed by atoms with E-state index in [0.717, 1.165) is 18.5 Å². The van der Waals surface area contributed by atoms with Gasteiger partial charge in [0.2, 0.25) is 0 Å². The highest BCUT2D eigenvalue weighted by atomic mass is 19.1. The summed E-state index contributed by atoms with van der Waals surface area (Å²) >= 11 is 0. The number of rotatable bonds is 3. The molecule has 100 valence electrons. The summed E-state index contributed by atoms with van der Waals surface area (Å²) in [5.41, 5.74) is 7.60. The minimum absolute atomic E-state index is 0.110. The Kier molecular flexibility index (Phi) is 4.36. The van der Waals surface area contributed by atoms with Crippen LogP contribution < -0.4 is 5.73 Å². The van der Waals surface area contributed by atoms with Crippen molar-refractivity contribution < 1.29 is 4.39 Å². The molecular formula is C15H23FN2. The minimum atomic E-state index is -0.110. The Morgan fingerprint density at radius 2 is 2.17 bits per heavy atom. The monoisotopic (exact) mass is 250 g/mol. The molecule has 2 rings (SSSR count). The lowest BCUT2D eigenvalue weighted by molar-refractivity contribution is 0.0891. The molecule has 18 heavy (non-hydrogen) atoms. The van der Waals surface area contributed by atoms with Gasteiger partial charge in [0.25, 0.3) is 0 Å². The van der Waals surface area contributed by atoms with E-state index in [4.69, 9.17) is 5.73 Å². The first kappa shape index (κ1) is 13.5. The first-order valence-corrected chi connectivity index (χ1v) is 6.82. The van der Waals surface area contributed by atoms with Gasteiger partial charge in [-0.1, -0.05) is 18.6 Å². The summed E-state index contributed by atoms with van der Waals surface area (Å²) in [4.78, 5) is 2.42. The largest absolute Gasteiger partial charge is 0.329 e. The van der Waals surface area contributed by atoms with Crippen LogP contribution in [0.25, 0.3) is 0 Å². The standard InChI is InChI=1S/C15H23FN2/c1-11-6-7-13(8-15(11)16)10-18-12(2)4-3-5-14(18)9-17/h6-8,12,14H,3-5,9-10,17H2,1-2H3. The molecule has 0 saturated carbocycles. The Labute approximate surface area is 109 Å². The second-order valence-electron chi connectivity index (χ2n) is 5.43. The molecular weight excluding hydrogens is 227 g/mol. The molecule has 2 atom stereocenters. The van der Waals surface area contributed by atoms with Gasteiger partial charge >= 0.3 is 0 Å². The number of nitrogens with zero attached hydrogens (tertiary/aromatic N) is 1. The highest BCUT2D eigenvalue weighted by molar-refractivity contribution is 5.23. The fourth-order valence-electron chi connectivity index (χ4n) is 2.82. The van der Waals surface area contributed by atoms with Gasteiger partial charge < -0.3 is 5.73 Å². The van der Waals surface area contributed by atoms with Gasteiger partial charge in [0.15, 0.2) is 0 Å². The van der Waals surface area contributed by atoms with Crippen LogP contribution in [0.2, 0.25) is 0 Å². The minimum Gasteiger partial charge on any atom is -0.329 e. The summed E-state index contributed by atoms with van der Waals surface area (Å²) in [6.07, 6.45) is 3.63. The molecule has 3 heteroatoms. The third-order valence-corrected chi connectivity index (χ3v) is 4.07. The molecule has 2 nitrogen and oxygen atoms in total. The van der Waals surface area contributed by atoms with Crippen LogP contribution in [0.3, 0.4) is 0 Å². The summed E-state index contributed by atoms with van der Waals surface area (Å²) in [7, 11) is 0. The van der Waals surface area contributed by atoms with E-state index in [2.05, 4.69) is 11.8 Å². The van der Waals surface area contributed by atoms with E-state index in [1.807, 2.05) is 12.1 Å². The molecule has 0 aromatic heterocycles. The van der Waals surface area contributed by atoms with E-state index in [0.29, 0.717) is 24.2 Å². The van der Waals surface area contributed by atoms with Crippen LogP contribution in [0.4, 0.5) is 4.39 Å². The average molecular weight is 250 g/mol. The van der Waals surface area contributed by atoms with E-state index in [1.54, 1.807) is 13.0 Å². The molecule has 2 N–H and O–H groups in total. The zero-order valence-corrected chi connectivity index (χ0v) is 11.3. The van der Waals surface area contributed by atoms with Crippen molar-refractivity contribution in [3.05, 3.63) is 35.1 Å². The maximum atomic E-state index is 13.6. The van der Waals surface area contributed by atoms with Gasteiger partial charge in [-0.2, -0.15) is 0 Å². The molecule has 1 aliphatic rings. The Balaban J connectivity index is 2.12. The van der Waals surface area contributed by atoms with Crippen molar-refractivity contribution in [2.24, 2.45) is 5.73 Å². The van der Waals surface area contributed by atoms with E-state index < -0.39 is 0 Å². The van der Waals surface area contributed by atoms with Crippen molar-refractivity contribution >= 4 is 0 Å². The number of halogens is 1. The Bertz CT molecular complexity index is 405. The summed E-state index contributed by atoms with van der Waals surface area (Å²) in [6, 6.07) is 6.52. The number of piperidine rings is 1. The highest BCUT2D eigenvalue weighted by Crippen LogP contribution is 2.24. The number of likely N-dealkylation sites (tertiary alicyclic amines) is 1. The number of benzene rings is 1. The van der Waals surface area contributed by atoms with Crippen molar-refractivity contribution in [3.8, 4) is 0 Å². The van der Waals surface area contributed by atoms with Crippen molar-refractivity contribution in [3.63, 3.8) is 0 Å². The van der Waals surface area contributed by atoms with Gasteiger partial charge in [-0.25, -0.2) is 4.39 Å². The van der Waals surface area contributed by atoms with Crippen LogP contribution in [0, 0.1) is 12.7 Å². The molecule has 1 fully saturated rings. The number of hydrogen-bond acceptors (Lipinski definition) is 2. The zero-order valence-electron chi connectivity index (χ0n) is 11.3. The van der Waals surface area contributed by atoms with Crippen LogP contribution in [-0.2, 0) is 6.54 Å². The van der Waals surface area contributed by atoms with Gasteiger partial charge in [-0.15, -0.1) is 0 Å². The number of aryl methyl sites for hydroxylation is 1. The number of nitrogens with two attached hydrogens (primary N) is 1. The zero-order chi connectivity index (χ0) is 13.1. The van der Waals surface area contributed by atoms with E-state index in [1.165, 1.54) is 12.8 Å². The fraction of sp³-hybridized carbons (Fsp3) is 0.600. The number of hydrogen-bond donors (Lipinski definition) is 1. The summed E-state index contributed by atoms with van der Waals surface area (Å²) in [5, 5.41) is 0. The second-order valence-corrected chi connectivity index (χ2v) is 5.43. The Morgan fingerprint density at radius 3 is 2.83 bits per heavy atom. The van der Waals surface area contributed by atoms with Gasteiger partial charge in [-0.3, -0.25) is 4.90 Å². The van der Waals surface area contributed by atoms with Gasteiger partial charge in [0.1, 0.15) is 5.82 Å². The van der Waals surface area contributed by atoms with Gasteiger partial charge in [0, 0.05) is 25.2 Å². The van der Waals surface area contributed by atoms with Crippen LogP contribution in [0.15, 0.2) is 18.2 Å². The molecule has 1 aromatic rings. The molecule has 0 radical (unpaired) electrons. The van der Waals surface area contributed by atoms with Crippen molar-refractivity contribution in [1.82, 2.24) is 4.90 Å². The molecule has 0 amide bonds. The first-order valence-electron chi connectivity index (χ1n) is 6.82. The lowest BCUT2D eigenvalue weighted by Crippen LogP contribution is -2.48. The van der Waals surface area contributed by atoms with Gasteiger partial charge in [-0.05, 0) is 43.9 Å². The molecule has 1 saturated heterocycles. The molecule has 0 aliphatic carbocycles. The third kappa shape index (κ3) is 2.90. The Morgan fingerprint density at radius 1 is 1.39 bits per heavy atom. The molecule has 2 unspecified atom stereocenters. The molecule has 1 aliphatic heterocycles. The van der Waals surface area contributed by atoms with Crippen molar-refractivity contribution in [2.45, 2.75) is 51.7 Å². The first-order chi connectivity index (χ1) is 8.61. The lowest BCUT2D eigenvalue weighted by atomic mass is 9.95. The fourth-order valence-corrected chi connectivity index (χ4v) is 2.82. The van der Waals surface area contributed by atoms with Crippen LogP contribution in [0.1, 0.15) is 37.3 Å². The van der Waals surface area contributed by atoms with Crippen LogP contribution in [-0.4, -0.2) is 23.5 Å². The topological polar surface area (TPSA) is 29.3 Å². The lowest BCUT2D eigenvalue weighted by Gasteiger charge is -2.40. The van der Waals surface area contributed by atoms with Crippen molar-refractivity contribution in [1.29, 1.82) is 0 Å². The quantitative estimate of drug-likeness (QED) is 0.894. The van der Waals surface area contributed by atoms with E-state index in [-0.39, 0.29) is 5.82 Å². The second kappa shape index (κ2) is 5.81. The average Bonchev–Trinajstić information content (AvgIpc) is 2.36. The molecule has 0 bridgehead atoms. The summed E-state index contributed by atoms with van der Waals surface area (Å²) < 4.78 is 13.6. The molecule has 1 aromatic carbocycles. The Hall–Kier alpha value is -0.930. The SMILES string of the molecule is Cc1ccc(CN2C(C)CCCC2CN)cc1F. The predicted molar refractivity (Wildman–Crippen MR) is 72.8 cm³/mol. The van der Waals surface area contributed by atoms with Crippen LogP contribution >= 0.6 is 0 Å². The maximum Gasteiger partial charge on any atom is 0.126 e. The van der Waals surface area contributed by atoms with E-state index in [9.17, 15) is 4.39 Å². The van der Waals surface area contributed by atoms with Crippen molar-refractivity contribution in [2.75, 3.05) is 6.54 Å². The summed E-state index contributed by atoms with van der Waals surface area (Å²) in [6.45, 7) is 5.54. The molecule has 1 heterocycles. The van der Waals surface area contributed by atoms with Crippen LogP contribution in [0.5, 0.6) is 0 Å². The summed E-state index contributed by atoms with van der Waals surface area (Å²) in [5.74, 6) is -0.110.